The number of nitrogens with zero attached hydrogens (tertiary/aromatic N) is 3. The van der Waals surface area contributed by atoms with Crippen molar-refractivity contribution in [3.63, 3.8) is 0 Å². The van der Waals surface area contributed by atoms with Gasteiger partial charge in [0.15, 0.2) is 6.61 Å². The Labute approximate surface area is 143 Å². The van der Waals surface area contributed by atoms with E-state index in [-0.39, 0.29) is 0 Å². The molecule has 24 heavy (non-hydrogen) atoms. The highest BCUT2D eigenvalue weighted by atomic mass is 35.5. The lowest BCUT2D eigenvalue weighted by Gasteiger charge is -2.14. The van der Waals surface area contributed by atoms with Gasteiger partial charge < -0.3 is 4.74 Å². The monoisotopic (exact) mass is 351 g/mol. The van der Waals surface area contributed by atoms with Crippen molar-refractivity contribution in [1.29, 1.82) is 0 Å². The number of aryl methyl sites for hydroxylation is 1. The summed E-state index contributed by atoms with van der Waals surface area (Å²) >= 11 is 6.05. The van der Waals surface area contributed by atoms with Gasteiger partial charge in [0.1, 0.15) is 10.9 Å². The van der Waals surface area contributed by atoms with Crippen molar-refractivity contribution < 1.29 is 13.5 Å². The summed E-state index contributed by atoms with van der Waals surface area (Å²) in [6.45, 7) is 2.56. The lowest BCUT2D eigenvalue weighted by Crippen LogP contribution is -2.21. The first kappa shape index (κ1) is 16.6. The van der Waals surface area contributed by atoms with Crippen LogP contribution in [0.1, 0.15) is 18.1 Å². The summed E-state index contributed by atoms with van der Waals surface area (Å²) in [7, 11) is 0. The van der Waals surface area contributed by atoms with Crippen molar-refractivity contribution in [2.45, 2.75) is 26.3 Å². The van der Waals surface area contributed by atoms with E-state index in [1.165, 1.54) is 0 Å². The van der Waals surface area contributed by atoms with Gasteiger partial charge in [-0.05, 0) is 30.2 Å². The Morgan fingerprint density at radius 1 is 1.29 bits per heavy atom. The molecule has 0 unspecified atom stereocenters. The number of halogens is 3. The molecule has 0 N–H and O–H groups in total. The third-order valence-corrected chi connectivity index (χ3v) is 3.80. The van der Waals surface area contributed by atoms with E-state index < -0.39 is 12.5 Å². The number of alkyl halides is 2. The van der Waals surface area contributed by atoms with Gasteiger partial charge in [-0.15, -0.1) is 0 Å². The Bertz CT molecular complexity index is 874. The fraction of sp³-hybridized carbons (Fsp3) is 0.294. The second kappa shape index (κ2) is 6.36. The SMILES string of the molecule is Cc1cc(Cn2cc3c(Cl)nccc3n2)ccc1OCC(C)(F)F. The van der Waals surface area contributed by atoms with Crippen molar-refractivity contribution in [3.8, 4) is 5.75 Å². The minimum Gasteiger partial charge on any atom is -0.487 e. The molecule has 2 aromatic heterocycles. The number of ether oxygens (including phenoxy) is 1. The van der Waals surface area contributed by atoms with Crippen LogP contribution in [0.15, 0.2) is 36.7 Å². The molecule has 0 spiro atoms. The number of benzene rings is 1. The van der Waals surface area contributed by atoms with Crippen LogP contribution in [-0.4, -0.2) is 27.3 Å². The maximum Gasteiger partial charge on any atom is 0.278 e. The Morgan fingerprint density at radius 3 is 2.75 bits per heavy atom. The summed E-state index contributed by atoms with van der Waals surface area (Å²) < 4.78 is 32.7. The Morgan fingerprint density at radius 2 is 2.08 bits per heavy atom. The zero-order valence-electron chi connectivity index (χ0n) is 13.3. The topological polar surface area (TPSA) is 39.9 Å². The van der Waals surface area contributed by atoms with Crippen molar-refractivity contribution in [3.05, 3.63) is 52.9 Å². The number of pyridine rings is 1. The molecule has 0 aliphatic carbocycles. The fourth-order valence-corrected chi connectivity index (χ4v) is 2.61. The number of hydrogen-bond donors (Lipinski definition) is 0. The second-order valence-electron chi connectivity index (χ2n) is 5.82. The summed E-state index contributed by atoms with van der Waals surface area (Å²) in [6.07, 6.45) is 3.45. The third-order valence-electron chi connectivity index (χ3n) is 3.50. The Hall–Kier alpha value is -2.21. The summed E-state index contributed by atoms with van der Waals surface area (Å²) in [4.78, 5) is 4.03. The van der Waals surface area contributed by atoms with Crippen molar-refractivity contribution in [2.75, 3.05) is 6.61 Å². The van der Waals surface area contributed by atoms with Crippen LogP contribution in [0.4, 0.5) is 8.78 Å². The van der Waals surface area contributed by atoms with Crippen LogP contribution >= 0.6 is 11.6 Å². The molecule has 1 aromatic carbocycles. The van der Waals surface area contributed by atoms with Crippen LogP contribution in [0.3, 0.4) is 0 Å². The molecule has 0 atom stereocenters. The molecule has 2 heterocycles. The quantitative estimate of drug-likeness (QED) is 0.636. The molecule has 0 amide bonds. The highest BCUT2D eigenvalue weighted by molar-refractivity contribution is 6.34. The van der Waals surface area contributed by atoms with E-state index >= 15 is 0 Å². The van der Waals surface area contributed by atoms with Crippen molar-refractivity contribution in [2.24, 2.45) is 0 Å². The molecule has 7 heteroatoms. The fourth-order valence-electron chi connectivity index (χ4n) is 2.41. The summed E-state index contributed by atoms with van der Waals surface area (Å²) in [5, 5.41) is 5.66. The van der Waals surface area contributed by atoms with E-state index in [0.717, 1.165) is 29.0 Å². The minimum absolute atomic E-state index is 0.416. The van der Waals surface area contributed by atoms with Crippen LogP contribution in [0.25, 0.3) is 10.9 Å². The Balaban J connectivity index is 1.77. The normalized spacial score (nSPS) is 11.9. The highest BCUT2D eigenvalue weighted by Crippen LogP contribution is 2.23. The van der Waals surface area contributed by atoms with Gasteiger partial charge in [-0.3, -0.25) is 4.68 Å². The van der Waals surface area contributed by atoms with Gasteiger partial charge in [-0.1, -0.05) is 23.7 Å². The van der Waals surface area contributed by atoms with Crippen LogP contribution in [0.2, 0.25) is 5.15 Å². The summed E-state index contributed by atoms with van der Waals surface area (Å²) in [5.74, 6) is -2.40. The Kier molecular flexibility index (Phi) is 4.41. The molecular formula is C17H16ClF2N3O. The summed E-state index contributed by atoms with van der Waals surface area (Å²) in [5.41, 5.74) is 2.56. The molecule has 126 valence electrons. The molecule has 0 bridgehead atoms. The smallest absolute Gasteiger partial charge is 0.278 e. The largest absolute Gasteiger partial charge is 0.487 e. The minimum atomic E-state index is -2.85. The van der Waals surface area contributed by atoms with Gasteiger partial charge in [-0.2, -0.15) is 5.10 Å². The van der Waals surface area contributed by atoms with E-state index in [9.17, 15) is 8.78 Å². The van der Waals surface area contributed by atoms with Crippen LogP contribution in [0, 0.1) is 6.92 Å². The first-order valence-corrected chi connectivity index (χ1v) is 7.77. The van der Waals surface area contributed by atoms with Crippen LogP contribution in [-0.2, 0) is 6.54 Å². The third kappa shape index (κ3) is 3.82. The maximum absolute atomic E-state index is 12.9. The van der Waals surface area contributed by atoms with E-state index in [4.69, 9.17) is 16.3 Å². The van der Waals surface area contributed by atoms with Crippen LogP contribution in [0.5, 0.6) is 5.75 Å². The molecule has 3 aromatic rings. The molecular weight excluding hydrogens is 336 g/mol. The van der Waals surface area contributed by atoms with Crippen LogP contribution < -0.4 is 4.74 Å². The van der Waals surface area contributed by atoms with Gasteiger partial charge in [0.25, 0.3) is 5.92 Å². The van der Waals surface area contributed by atoms with E-state index in [1.54, 1.807) is 23.0 Å². The second-order valence-corrected chi connectivity index (χ2v) is 6.18. The van der Waals surface area contributed by atoms with Crippen molar-refractivity contribution in [1.82, 2.24) is 14.8 Å². The summed E-state index contributed by atoms with van der Waals surface area (Å²) in [6, 6.07) is 7.23. The predicted octanol–water partition coefficient (Wildman–Crippen LogP) is 4.48. The molecule has 0 aliphatic heterocycles. The molecule has 3 rings (SSSR count). The number of fused-ring (bicyclic) bond motifs is 1. The number of aromatic nitrogens is 3. The van der Waals surface area contributed by atoms with Gasteiger partial charge in [0.05, 0.1) is 17.4 Å². The standard InChI is InChI=1S/C17H16ClF2N3O/c1-11-7-12(3-4-15(11)24-10-17(2,19)20)8-23-9-13-14(22-23)5-6-21-16(13)18/h3-7,9H,8,10H2,1-2H3. The molecule has 0 radical (unpaired) electrons. The predicted molar refractivity (Wildman–Crippen MR) is 88.9 cm³/mol. The van der Waals surface area contributed by atoms with E-state index in [1.807, 2.05) is 25.3 Å². The van der Waals surface area contributed by atoms with Gasteiger partial charge in [0.2, 0.25) is 0 Å². The number of rotatable bonds is 5. The average Bonchev–Trinajstić information content (AvgIpc) is 2.89. The zero-order chi connectivity index (χ0) is 17.3. The van der Waals surface area contributed by atoms with Gasteiger partial charge in [0, 0.05) is 19.3 Å². The highest BCUT2D eigenvalue weighted by Gasteiger charge is 2.22. The van der Waals surface area contributed by atoms with Crippen molar-refractivity contribution >= 4 is 22.5 Å². The first-order valence-electron chi connectivity index (χ1n) is 7.40. The molecule has 4 nitrogen and oxygen atoms in total. The van der Waals surface area contributed by atoms with E-state index in [0.29, 0.717) is 17.4 Å². The lowest BCUT2D eigenvalue weighted by atomic mass is 10.1. The lowest BCUT2D eigenvalue weighted by molar-refractivity contribution is -0.0231. The first-order chi connectivity index (χ1) is 11.3. The zero-order valence-corrected chi connectivity index (χ0v) is 14.0. The number of hydrogen-bond acceptors (Lipinski definition) is 3. The maximum atomic E-state index is 12.9. The molecule has 0 saturated carbocycles. The van der Waals surface area contributed by atoms with E-state index in [2.05, 4.69) is 10.1 Å². The van der Waals surface area contributed by atoms with Gasteiger partial charge in [-0.25, -0.2) is 13.8 Å². The van der Waals surface area contributed by atoms with Gasteiger partial charge >= 0.3 is 0 Å². The molecule has 0 saturated heterocycles. The molecule has 0 aliphatic rings. The average molecular weight is 352 g/mol. The molecule has 0 fully saturated rings.